The van der Waals surface area contributed by atoms with Gasteiger partial charge in [0.1, 0.15) is 5.82 Å². The summed E-state index contributed by atoms with van der Waals surface area (Å²) in [6, 6.07) is 9.21. The molecule has 2 fully saturated rings. The average Bonchev–Trinajstić information content (AvgIpc) is 2.89. The number of amides is 3. The molecule has 3 heterocycles. The summed E-state index contributed by atoms with van der Waals surface area (Å²) in [5.41, 5.74) is 12.5. The van der Waals surface area contributed by atoms with Gasteiger partial charge < -0.3 is 21.3 Å². The fourth-order valence-electron chi connectivity index (χ4n) is 5.33. The number of halogens is 1. The molecule has 11 nitrogen and oxygen atoms in total. The van der Waals surface area contributed by atoms with E-state index >= 15 is 0 Å². The van der Waals surface area contributed by atoms with Crippen molar-refractivity contribution in [3.05, 3.63) is 52.6 Å². The highest BCUT2D eigenvalue weighted by Gasteiger charge is 2.35. The molecule has 1 unspecified atom stereocenters. The van der Waals surface area contributed by atoms with Crippen LogP contribution in [0.25, 0.3) is 5.69 Å². The van der Waals surface area contributed by atoms with E-state index in [2.05, 4.69) is 22.1 Å². The maximum Gasteiger partial charge on any atom is 0.354 e. The Balaban J connectivity index is 0.00000441. The fraction of sp³-hybridized carbons (Fsp3) is 0.571. The van der Waals surface area contributed by atoms with Gasteiger partial charge in [0.05, 0.1) is 11.2 Å². The molecule has 0 saturated carbocycles. The molecule has 12 heteroatoms. The van der Waals surface area contributed by atoms with E-state index in [-0.39, 0.29) is 42.2 Å². The largest absolute Gasteiger partial charge is 0.354 e. The summed E-state index contributed by atoms with van der Waals surface area (Å²) in [6.45, 7) is 11.4. The first-order valence-electron chi connectivity index (χ1n) is 13.7. The summed E-state index contributed by atoms with van der Waals surface area (Å²) in [7, 11) is 0. The van der Waals surface area contributed by atoms with Gasteiger partial charge in [-0.05, 0) is 83.3 Å². The number of piperazine rings is 1. The van der Waals surface area contributed by atoms with E-state index in [9.17, 15) is 14.4 Å². The van der Waals surface area contributed by atoms with Crippen LogP contribution >= 0.6 is 12.4 Å². The summed E-state index contributed by atoms with van der Waals surface area (Å²) in [6.07, 6.45) is 3.86. The highest BCUT2D eigenvalue weighted by atomic mass is 35.5. The summed E-state index contributed by atoms with van der Waals surface area (Å²) in [5.74, 6) is 0.640. The van der Waals surface area contributed by atoms with Gasteiger partial charge in [0.2, 0.25) is 5.91 Å². The van der Waals surface area contributed by atoms with Crippen molar-refractivity contribution in [2.75, 3.05) is 38.0 Å². The van der Waals surface area contributed by atoms with Gasteiger partial charge >= 0.3 is 11.7 Å². The van der Waals surface area contributed by atoms with Crippen molar-refractivity contribution in [2.24, 2.45) is 17.4 Å². The van der Waals surface area contributed by atoms with E-state index in [0.717, 1.165) is 32.5 Å². The Kier molecular flexibility index (Phi) is 10.3. The summed E-state index contributed by atoms with van der Waals surface area (Å²) >= 11 is 0. The monoisotopic (exact) mass is 574 g/mol. The third-order valence-electron chi connectivity index (χ3n) is 7.76. The second-order valence-corrected chi connectivity index (χ2v) is 11.5. The van der Waals surface area contributed by atoms with E-state index < -0.39 is 11.2 Å². The number of nitrogens with two attached hydrogens (primary N) is 2. The molecule has 0 bridgehead atoms. The number of hydrogen-bond acceptors (Lipinski definition) is 7. The predicted molar refractivity (Wildman–Crippen MR) is 159 cm³/mol. The van der Waals surface area contributed by atoms with E-state index in [1.54, 1.807) is 35.9 Å². The molecule has 40 heavy (non-hydrogen) atoms. The third-order valence-corrected chi connectivity index (χ3v) is 7.76. The number of likely N-dealkylation sites (tertiary alicyclic amines) is 1. The molecule has 5 N–H and O–H groups in total. The third kappa shape index (κ3) is 7.60. The lowest BCUT2D eigenvalue weighted by molar-refractivity contribution is -0.139. The molecule has 4 rings (SSSR count). The second kappa shape index (κ2) is 13.1. The predicted octanol–water partition coefficient (Wildman–Crippen LogP) is 2.02. The van der Waals surface area contributed by atoms with Crippen molar-refractivity contribution < 1.29 is 9.59 Å². The zero-order valence-corrected chi connectivity index (χ0v) is 24.7. The Morgan fingerprint density at radius 3 is 2.30 bits per heavy atom. The van der Waals surface area contributed by atoms with Crippen LogP contribution in [0.2, 0.25) is 0 Å². The number of carbonyl (C=O) groups excluding carboxylic acids is 2. The molecule has 2 aliphatic heterocycles. The van der Waals surface area contributed by atoms with Crippen molar-refractivity contribution in [1.82, 2.24) is 24.3 Å². The molecule has 3 amide bonds. The summed E-state index contributed by atoms with van der Waals surface area (Å²) in [4.78, 5) is 48.0. The molecule has 0 aliphatic carbocycles. The highest BCUT2D eigenvalue weighted by molar-refractivity contribution is 5.89. The second-order valence-electron chi connectivity index (χ2n) is 11.5. The topological polar surface area (TPSA) is 143 Å². The Bertz CT molecular complexity index is 1220. The molecule has 0 radical (unpaired) electrons. The number of nitrogens with zero attached hydrogens (tertiary/aromatic N) is 5. The van der Waals surface area contributed by atoms with Gasteiger partial charge in [-0.1, -0.05) is 12.1 Å². The minimum Gasteiger partial charge on any atom is -0.335 e. The first-order chi connectivity index (χ1) is 18.4. The van der Waals surface area contributed by atoms with Crippen LogP contribution in [0.5, 0.6) is 0 Å². The van der Waals surface area contributed by atoms with Gasteiger partial charge in [-0.3, -0.25) is 19.6 Å². The minimum atomic E-state index is -0.965. The number of nitrogens with one attached hydrogen (secondary N) is 1. The molecule has 1 aromatic heterocycles. The number of piperidine rings is 1. The molecule has 0 spiro atoms. The first kappa shape index (κ1) is 31.5. The lowest BCUT2D eigenvalue weighted by Gasteiger charge is -2.42. The standard InChI is InChI=1S/C28H42N8O3.ClH/c1-19-17-34(15-16-35(19)25(37)28(3,4)30)26(38)31-24-11-14-36(27(39)32-24)23-7-5-21(6-8-23)18-33-12-9-22(10-13-33)20(2)29;/h5-8,11,14,19-20,22H,9-10,12-13,15-18,29-30H2,1-4H3,(H,31,32,38,39);1H/t19-,20?;/m1./s1. The highest BCUT2D eigenvalue weighted by Crippen LogP contribution is 2.21. The van der Waals surface area contributed by atoms with Crippen molar-refractivity contribution >= 4 is 30.2 Å². The number of benzene rings is 1. The van der Waals surface area contributed by atoms with Crippen LogP contribution in [0.3, 0.4) is 0 Å². The van der Waals surface area contributed by atoms with Crippen molar-refractivity contribution in [1.29, 1.82) is 0 Å². The van der Waals surface area contributed by atoms with Crippen LogP contribution in [0, 0.1) is 5.92 Å². The van der Waals surface area contributed by atoms with Crippen LogP contribution < -0.4 is 22.5 Å². The maximum atomic E-state index is 12.8. The van der Waals surface area contributed by atoms with Gasteiger partial charge in [0.15, 0.2) is 0 Å². The zero-order valence-electron chi connectivity index (χ0n) is 23.9. The van der Waals surface area contributed by atoms with Gasteiger partial charge in [0.25, 0.3) is 0 Å². The Morgan fingerprint density at radius 2 is 1.75 bits per heavy atom. The molecule has 2 aromatic rings. The van der Waals surface area contributed by atoms with Gasteiger partial charge in [-0.25, -0.2) is 9.59 Å². The molecular weight excluding hydrogens is 532 g/mol. The van der Waals surface area contributed by atoms with Crippen LogP contribution in [-0.2, 0) is 11.3 Å². The number of hydrogen-bond donors (Lipinski definition) is 3. The van der Waals surface area contributed by atoms with Gasteiger partial charge in [-0.2, -0.15) is 4.98 Å². The fourth-order valence-corrected chi connectivity index (χ4v) is 5.33. The number of rotatable bonds is 6. The zero-order chi connectivity index (χ0) is 28.3. The molecule has 2 aliphatic rings. The van der Waals surface area contributed by atoms with E-state index in [0.29, 0.717) is 31.2 Å². The van der Waals surface area contributed by atoms with Crippen molar-refractivity contribution in [3.63, 3.8) is 0 Å². The SMILES string of the molecule is CC(N)C1CCN(Cc2ccc(-n3ccc(NC(=O)N4CCN(C(=O)C(C)(C)N)[C@H](C)C4)nc3=O)cc2)CC1.Cl. The maximum absolute atomic E-state index is 12.8. The Hall–Kier alpha value is -2.99. The lowest BCUT2D eigenvalue weighted by Crippen LogP contribution is -2.61. The van der Waals surface area contributed by atoms with Crippen LogP contribution in [-0.4, -0.2) is 86.5 Å². The molecule has 220 valence electrons. The number of aromatic nitrogens is 2. The van der Waals surface area contributed by atoms with Crippen molar-refractivity contribution in [3.8, 4) is 5.69 Å². The number of urea groups is 1. The molecule has 1 aromatic carbocycles. The van der Waals surface area contributed by atoms with E-state index in [1.165, 1.54) is 10.1 Å². The quantitative estimate of drug-likeness (QED) is 0.479. The average molecular weight is 575 g/mol. The van der Waals surface area contributed by atoms with Crippen molar-refractivity contribution in [2.45, 2.75) is 64.7 Å². The molecule has 2 atom stereocenters. The normalized spacial score (nSPS) is 19.6. The Labute approximate surface area is 242 Å². The van der Waals surface area contributed by atoms with E-state index in [1.807, 2.05) is 31.2 Å². The molecule has 2 saturated heterocycles. The Morgan fingerprint density at radius 1 is 1.10 bits per heavy atom. The van der Waals surface area contributed by atoms with E-state index in [4.69, 9.17) is 11.5 Å². The lowest BCUT2D eigenvalue weighted by atomic mass is 9.91. The molecular formula is C28H43ClN8O3. The van der Waals surface area contributed by atoms with Gasteiger partial charge in [0, 0.05) is 44.5 Å². The van der Waals surface area contributed by atoms with Crippen LogP contribution in [0.15, 0.2) is 41.3 Å². The van der Waals surface area contributed by atoms with Gasteiger partial charge in [-0.15, -0.1) is 12.4 Å². The smallest absolute Gasteiger partial charge is 0.335 e. The van der Waals surface area contributed by atoms with Crippen LogP contribution in [0.1, 0.15) is 46.1 Å². The van der Waals surface area contributed by atoms with Crippen LogP contribution in [0.4, 0.5) is 10.6 Å². The number of carbonyl (C=O) groups is 2. The minimum absolute atomic E-state index is 0. The summed E-state index contributed by atoms with van der Waals surface area (Å²) < 4.78 is 1.45. The number of anilines is 1. The summed E-state index contributed by atoms with van der Waals surface area (Å²) in [5, 5.41) is 2.71. The first-order valence-corrected chi connectivity index (χ1v) is 13.7.